The summed E-state index contributed by atoms with van der Waals surface area (Å²) in [5, 5.41) is 3.55. The fraction of sp³-hybridized carbons (Fsp3) is 0.500. The second-order valence-corrected chi connectivity index (χ2v) is 4.54. The zero-order chi connectivity index (χ0) is 9.43. The van der Waals surface area contributed by atoms with Crippen molar-refractivity contribution >= 4 is 0 Å². The zero-order valence-corrected chi connectivity index (χ0v) is 8.20. The highest BCUT2D eigenvalue weighted by Crippen LogP contribution is 2.43. The van der Waals surface area contributed by atoms with Gasteiger partial charge in [0.1, 0.15) is 12.4 Å². The molecule has 2 heterocycles. The molecule has 2 nitrogen and oxygen atoms in total. The van der Waals surface area contributed by atoms with E-state index in [0.717, 1.165) is 18.3 Å². The van der Waals surface area contributed by atoms with Gasteiger partial charge in [0, 0.05) is 0 Å². The minimum atomic E-state index is 0.320. The van der Waals surface area contributed by atoms with Crippen molar-refractivity contribution in [3.63, 3.8) is 0 Å². The number of nitrogens with one attached hydrogen (secondary N) is 1. The van der Waals surface area contributed by atoms with Crippen LogP contribution in [0.5, 0.6) is 5.75 Å². The largest absolute Gasteiger partial charge is 0.492 e. The van der Waals surface area contributed by atoms with Gasteiger partial charge >= 0.3 is 0 Å². The Hall–Kier alpha value is -1.02. The molecule has 74 valence electrons. The highest BCUT2D eigenvalue weighted by molar-refractivity contribution is 5.22. The van der Waals surface area contributed by atoms with Gasteiger partial charge in [-0.05, 0) is 37.4 Å². The van der Waals surface area contributed by atoms with Crippen molar-refractivity contribution in [3.05, 3.63) is 30.3 Å². The molecule has 1 aromatic carbocycles. The third-order valence-electron chi connectivity index (χ3n) is 3.38. The first-order valence-corrected chi connectivity index (χ1v) is 5.29. The number of rotatable bonds is 3. The van der Waals surface area contributed by atoms with E-state index in [9.17, 15) is 0 Å². The number of fused-ring (bicyclic) bond motifs is 1. The molecule has 2 bridgehead atoms. The lowest BCUT2D eigenvalue weighted by molar-refractivity contribution is 0.131. The van der Waals surface area contributed by atoms with Gasteiger partial charge < -0.3 is 10.1 Å². The van der Waals surface area contributed by atoms with E-state index in [2.05, 4.69) is 5.32 Å². The van der Waals surface area contributed by atoms with E-state index in [1.807, 2.05) is 30.3 Å². The van der Waals surface area contributed by atoms with E-state index in [4.69, 9.17) is 4.74 Å². The minimum Gasteiger partial charge on any atom is -0.492 e. The molecule has 1 saturated carbocycles. The van der Waals surface area contributed by atoms with Gasteiger partial charge in [-0.25, -0.2) is 0 Å². The second kappa shape index (κ2) is 2.99. The zero-order valence-electron chi connectivity index (χ0n) is 8.20. The molecule has 0 unspecified atom stereocenters. The van der Waals surface area contributed by atoms with Crippen LogP contribution in [0.3, 0.4) is 0 Å². The molecule has 3 aliphatic rings. The Balaban J connectivity index is 1.60. The molecule has 4 rings (SSSR count). The summed E-state index contributed by atoms with van der Waals surface area (Å²) in [5.74, 6) is 1.91. The lowest BCUT2D eigenvalue weighted by atomic mass is 9.74. The minimum absolute atomic E-state index is 0.320. The molecule has 0 amide bonds. The number of hydrogen-bond donors (Lipinski definition) is 1. The lowest BCUT2D eigenvalue weighted by Crippen LogP contribution is -2.48. The van der Waals surface area contributed by atoms with Crippen LogP contribution in [0.25, 0.3) is 0 Å². The molecule has 0 atom stereocenters. The number of ether oxygens (including phenoxy) is 1. The Morgan fingerprint density at radius 1 is 1.29 bits per heavy atom. The third kappa shape index (κ3) is 1.30. The Labute approximate surface area is 84.3 Å². The van der Waals surface area contributed by atoms with E-state index in [1.165, 1.54) is 19.4 Å². The van der Waals surface area contributed by atoms with Crippen LogP contribution < -0.4 is 10.1 Å². The van der Waals surface area contributed by atoms with Crippen molar-refractivity contribution in [2.24, 2.45) is 5.92 Å². The van der Waals surface area contributed by atoms with Crippen LogP contribution in [0.2, 0.25) is 0 Å². The highest BCUT2D eigenvalue weighted by atomic mass is 16.5. The molecule has 2 saturated heterocycles. The summed E-state index contributed by atoms with van der Waals surface area (Å²) < 4.78 is 5.77. The molecule has 14 heavy (non-hydrogen) atoms. The van der Waals surface area contributed by atoms with Gasteiger partial charge in [0.15, 0.2) is 0 Å². The molecule has 2 aliphatic heterocycles. The molecule has 1 N–H and O–H groups in total. The Kier molecular flexibility index (Phi) is 1.77. The van der Waals surface area contributed by atoms with Crippen LogP contribution in [0.15, 0.2) is 30.3 Å². The van der Waals surface area contributed by atoms with Gasteiger partial charge in [-0.2, -0.15) is 0 Å². The van der Waals surface area contributed by atoms with E-state index in [1.54, 1.807) is 0 Å². The topological polar surface area (TPSA) is 21.3 Å². The van der Waals surface area contributed by atoms with Gasteiger partial charge in [0.25, 0.3) is 0 Å². The summed E-state index contributed by atoms with van der Waals surface area (Å²) in [5.41, 5.74) is 0.320. The Morgan fingerprint density at radius 3 is 2.71 bits per heavy atom. The fourth-order valence-corrected chi connectivity index (χ4v) is 2.60. The monoisotopic (exact) mass is 189 g/mol. The standard InChI is InChI=1S/C12H15NO/c1-2-4-11(5-3-1)14-9-12-6-10(7-12)8-13-12/h1-5,10,13H,6-9H2. The molecule has 2 heteroatoms. The van der Waals surface area contributed by atoms with Crippen LogP contribution in [-0.2, 0) is 0 Å². The van der Waals surface area contributed by atoms with Gasteiger partial charge in [-0.15, -0.1) is 0 Å². The second-order valence-electron chi connectivity index (χ2n) is 4.54. The summed E-state index contributed by atoms with van der Waals surface area (Å²) in [6.07, 6.45) is 2.61. The molecule has 0 radical (unpaired) electrons. The SMILES string of the molecule is c1ccc(OCC23CC(CN2)C3)cc1. The molecular weight excluding hydrogens is 174 g/mol. The summed E-state index contributed by atoms with van der Waals surface area (Å²) in [6, 6.07) is 10.1. The summed E-state index contributed by atoms with van der Waals surface area (Å²) in [7, 11) is 0. The molecule has 1 aliphatic carbocycles. The summed E-state index contributed by atoms with van der Waals surface area (Å²) >= 11 is 0. The van der Waals surface area contributed by atoms with Crippen molar-refractivity contribution in [1.29, 1.82) is 0 Å². The van der Waals surface area contributed by atoms with Gasteiger partial charge in [-0.1, -0.05) is 18.2 Å². The van der Waals surface area contributed by atoms with E-state index in [0.29, 0.717) is 5.54 Å². The molecule has 0 aromatic heterocycles. The van der Waals surface area contributed by atoms with Crippen molar-refractivity contribution in [1.82, 2.24) is 5.32 Å². The van der Waals surface area contributed by atoms with Crippen LogP contribution in [0, 0.1) is 5.92 Å². The molecule has 1 aromatic rings. The quantitative estimate of drug-likeness (QED) is 0.783. The summed E-state index contributed by atoms with van der Waals surface area (Å²) in [6.45, 7) is 2.02. The highest BCUT2D eigenvalue weighted by Gasteiger charge is 2.50. The third-order valence-corrected chi connectivity index (χ3v) is 3.38. The fourth-order valence-electron chi connectivity index (χ4n) is 2.60. The van der Waals surface area contributed by atoms with Crippen LogP contribution in [-0.4, -0.2) is 18.7 Å². The molecule has 0 spiro atoms. The maximum absolute atomic E-state index is 5.77. The maximum atomic E-state index is 5.77. The number of benzene rings is 1. The predicted molar refractivity (Wildman–Crippen MR) is 55.4 cm³/mol. The predicted octanol–water partition coefficient (Wildman–Crippen LogP) is 1.82. The van der Waals surface area contributed by atoms with Crippen molar-refractivity contribution in [3.8, 4) is 5.75 Å². The summed E-state index contributed by atoms with van der Waals surface area (Å²) in [4.78, 5) is 0. The van der Waals surface area contributed by atoms with E-state index >= 15 is 0 Å². The van der Waals surface area contributed by atoms with Crippen LogP contribution in [0.4, 0.5) is 0 Å². The average Bonchev–Trinajstić information content (AvgIpc) is 2.75. The number of para-hydroxylation sites is 1. The van der Waals surface area contributed by atoms with Crippen LogP contribution in [0.1, 0.15) is 12.8 Å². The van der Waals surface area contributed by atoms with Crippen LogP contribution >= 0.6 is 0 Å². The number of hydrogen-bond acceptors (Lipinski definition) is 2. The normalized spacial score (nSPS) is 33.9. The first-order valence-electron chi connectivity index (χ1n) is 5.29. The lowest BCUT2D eigenvalue weighted by Gasteiger charge is -2.37. The van der Waals surface area contributed by atoms with Gasteiger partial charge in [0.05, 0.1) is 5.54 Å². The average molecular weight is 189 g/mol. The Morgan fingerprint density at radius 2 is 2.07 bits per heavy atom. The van der Waals surface area contributed by atoms with Crippen molar-refractivity contribution < 1.29 is 4.74 Å². The smallest absolute Gasteiger partial charge is 0.119 e. The molecule has 3 fully saturated rings. The Bertz CT molecular complexity index is 311. The van der Waals surface area contributed by atoms with Gasteiger partial charge in [-0.3, -0.25) is 0 Å². The van der Waals surface area contributed by atoms with Crippen molar-refractivity contribution in [2.75, 3.05) is 13.2 Å². The van der Waals surface area contributed by atoms with Gasteiger partial charge in [0.2, 0.25) is 0 Å². The first-order chi connectivity index (χ1) is 6.86. The van der Waals surface area contributed by atoms with E-state index < -0.39 is 0 Å². The van der Waals surface area contributed by atoms with Crippen molar-refractivity contribution in [2.45, 2.75) is 18.4 Å². The maximum Gasteiger partial charge on any atom is 0.119 e. The first kappa shape index (κ1) is 8.30. The molecular formula is C12H15NO. The van der Waals surface area contributed by atoms with E-state index in [-0.39, 0.29) is 0 Å².